The molecule has 0 aromatic heterocycles. The topological polar surface area (TPSA) is 93.7 Å². The van der Waals surface area contributed by atoms with Crippen LogP contribution in [-0.4, -0.2) is 81.4 Å². The van der Waals surface area contributed by atoms with Crippen molar-refractivity contribution in [3.8, 4) is 11.5 Å². The molecule has 9 nitrogen and oxygen atoms in total. The molecule has 0 radical (unpaired) electrons. The number of carbonyl (C=O) groups excluding carboxylic acids is 1. The van der Waals surface area contributed by atoms with Gasteiger partial charge in [-0.05, 0) is 48.8 Å². The lowest BCUT2D eigenvalue weighted by atomic mass is 10.2. The molecule has 1 amide bonds. The van der Waals surface area contributed by atoms with Crippen LogP contribution >= 0.6 is 12.2 Å². The van der Waals surface area contributed by atoms with Crippen LogP contribution < -0.4 is 20.2 Å². The third-order valence-corrected chi connectivity index (χ3v) is 5.03. The van der Waals surface area contributed by atoms with Crippen LogP contribution in [0.15, 0.2) is 23.3 Å². The Bertz CT molecular complexity index is 749. The molecule has 0 spiro atoms. The van der Waals surface area contributed by atoms with E-state index in [1.54, 1.807) is 30.4 Å². The minimum atomic E-state index is -0.0702. The molecule has 2 saturated heterocycles. The third kappa shape index (κ3) is 6.82. The molecule has 3 rings (SSSR count). The molecular weight excluding hydrogens is 408 g/mol. The maximum atomic E-state index is 12.2. The van der Waals surface area contributed by atoms with Crippen LogP contribution in [0.4, 0.5) is 0 Å². The first-order valence-electron chi connectivity index (χ1n) is 10.0. The van der Waals surface area contributed by atoms with E-state index in [1.807, 2.05) is 6.07 Å². The highest BCUT2D eigenvalue weighted by Gasteiger charge is 2.18. The van der Waals surface area contributed by atoms with Crippen molar-refractivity contribution >= 4 is 29.5 Å². The van der Waals surface area contributed by atoms with Gasteiger partial charge in [-0.1, -0.05) is 0 Å². The van der Waals surface area contributed by atoms with Crippen molar-refractivity contribution in [1.82, 2.24) is 15.6 Å². The molecule has 2 aliphatic rings. The number of ether oxygens (including phenoxy) is 4. The summed E-state index contributed by atoms with van der Waals surface area (Å²) in [6.45, 7) is 3.74. The van der Waals surface area contributed by atoms with E-state index < -0.39 is 0 Å². The Morgan fingerprint density at radius 3 is 2.90 bits per heavy atom. The number of hydrogen-bond donors (Lipinski definition) is 2. The number of amides is 1. The summed E-state index contributed by atoms with van der Waals surface area (Å²) in [7, 11) is 1.55. The molecule has 2 N–H and O–H groups in total. The highest BCUT2D eigenvalue weighted by Crippen LogP contribution is 2.27. The number of rotatable bonds is 8. The lowest BCUT2D eigenvalue weighted by molar-refractivity contribution is -0.137. The number of hydrogen-bond acceptors (Lipinski definition) is 7. The van der Waals surface area contributed by atoms with Gasteiger partial charge >= 0.3 is 0 Å². The first kappa shape index (κ1) is 22.3. The summed E-state index contributed by atoms with van der Waals surface area (Å²) in [4.78, 5) is 14.0. The number of methoxy groups -OCH3 is 1. The molecule has 1 atom stereocenters. The number of thiocarbonyl (C=S) groups is 1. The van der Waals surface area contributed by atoms with Gasteiger partial charge in [-0.2, -0.15) is 5.10 Å². The summed E-state index contributed by atoms with van der Waals surface area (Å²) in [5.41, 5.74) is 3.58. The Kier molecular flexibility index (Phi) is 8.66. The quantitative estimate of drug-likeness (QED) is 0.353. The minimum absolute atomic E-state index is 0.0456. The second-order valence-electron chi connectivity index (χ2n) is 6.91. The molecule has 1 unspecified atom stereocenters. The lowest BCUT2D eigenvalue weighted by Crippen LogP contribution is -2.43. The van der Waals surface area contributed by atoms with E-state index in [1.165, 1.54) is 0 Å². The van der Waals surface area contributed by atoms with E-state index in [2.05, 4.69) is 15.8 Å². The fourth-order valence-electron chi connectivity index (χ4n) is 3.14. The Hall–Kier alpha value is -2.43. The van der Waals surface area contributed by atoms with Crippen molar-refractivity contribution in [1.29, 1.82) is 0 Å². The van der Waals surface area contributed by atoms with Crippen LogP contribution in [-0.2, 0) is 14.3 Å². The zero-order valence-electron chi connectivity index (χ0n) is 17.1. The molecule has 0 bridgehead atoms. The van der Waals surface area contributed by atoms with E-state index in [9.17, 15) is 4.79 Å². The maximum absolute atomic E-state index is 12.2. The number of nitrogens with one attached hydrogen (secondary N) is 2. The van der Waals surface area contributed by atoms with Gasteiger partial charge in [0, 0.05) is 26.2 Å². The SMILES string of the molecule is COc1cc(C=NNC(=S)NCC2CCCO2)ccc1OCC(=O)N1CCOCC1. The maximum Gasteiger partial charge on any atom is 0.260 e. The molecular formula is C20H28N4O5S. The number of benzene rings is 1. The Morgan fingerprint density at radius 1 is 1.33 bits per heavy atom. The Morgan fingerprint density at radius 2 is 2.17 bits per heavy atom. The normalized spacial score (nSPS) is 19.0. The summed E-state index contributed by atoms with van der Waals surface area (Å²) < 4.78 is 21.8. The molecule has 0 aliphatic carbocycles. The molecule has 164 valence electrons. The minimum Gasteiger partial charge on any atom is -0.493 e. The van der Waals surface area contributed by atoms with E-state index >= 15 is 0 Å². The van der Waals surface area contributed by atoms with Gasteiger partial charge in [0.1, 0.15) is 0 Å². The van der Waals surface area contributed by atoms with Crippen LogP contribution in [0.5, 0.6) is 11.5 Å². The van der Waals surface area contributed by atoms with Crippen LogP contribution in [0, 0.1) is 0 Å². The Balaban J connectivity index is 1.46. The highest BCUT2D eigenvalue weighted by molar-refractivity contribution is 7.80. The molecule has 2 heterocycles. The predicted octanol–water partition coefficient (Wildman–Crippen LogP) is 0.910. The molecule has 10 heteroatoms. The van der Waals surface area contributed by atoms with Gasteiger partial charge in [0.25, 0.3) is 5.91 Å². The van der Waals surface area contributed by atoms with Gasteiger partial charge < -0.3 is 29.2 Å². The van der Waals surface area contributed by atoms with Crippen LogP contribution in [0.2, 0.25) is 0 Å². The van der Waals surface area contributed by atoms with Crippen molar-refractivity contribution in [3.63, 3.8) is 0 Å². The second-order valence-corrected chi connectivity index (χ2v) is 7.32. The highest BCUT2D eigenvalue weighted by atomic mass is 32.1. The van der Waals surface area contributed by atoms with Crippen molar-refractivity contribution in [3.05, 3.63) is 23.8 Å². The number of hydrazone groups is 1. The van der Waals surface area contributed by atoms with E-state index in [-0.39, 0.29) is 18.6 Å². The fourth-order valence-corrected chi connectivity index (χ4v) is 3.28. The van der Waals surface area contributed by atoms with Gasteiger partial charge in [0.15, 0.2) is 23.2 Å². The molecule has 30 heavy (non-hydrogen) atoms. The van der Waals surface area contributed by atoms with Crippen LogP contribution in [0.25, 0.3) is 0 Å². The summed E-state index contributed by atoms with van der Waals surface area (Å²) in [6, 6.07) is 5.36. The fraction of sp³-hybridized carbons (Fsp3) is 0.550. The Labute approximate surface area is 181 Å². The van der Waals surface area contributed by atoms with Gasteiger partial charge in [-0.15, -0.1) is 0 Å². The monoisotopic (exact) mass is 436 g/mol. The van der Waals surface area contributed by atoms with Gasteiger partial charge in [-0.25, -0.2) is 0 Å². The average Bonchev–Trinajstić information content (AvgIpc) is 3.30. The standard InChI is InChI=1S/C20H28N4O5S/c1-26-18-11-15(12-22-23-20(30)21-13-16-3-2-8-28-16)4-5-17(18)29-14-19(25)24-6-9-27-10-7-24/h4-5,11-12,16H,2-3,6-10,13-14H2,1H3,(H2,21,23,30). The summed E-state index contributed by atoms with van der Waals surface area (Å²) >= 11 is 5.21. The first-order chi connectivity index (χ1) is 14.7. The zero-order chi connectivity index (χ0) is 21.2. The molecule has 1 aromatic carbocycles. The lowest BCUT2D eigenvalue weighted by Gasteiger charge is -2.26. The summed E-state index contributed by atoms with van der Waals surface area (Å²) in [5, 5.41) is 7.67. The third-order valence-electron chi connectivity index (χ3n) is 4.80. The van der Waals surface area contributed by atoms with E-state index in [4.69, 9.17) is 31.2 Å². The van der Waals surface area contributed by atoms with Crippen LogP contribution in [0.3, 0.4) is 0 Å². The van der Waals surface area contributed by atoms with Crippen molar-refractivity contribution in [2.75, 3.05) is 53.2 Å². The average molecular weight is 437 g/mol. The molecule has 1 aromatic rings. The van der Waals surface area contributed by atoms with Gasteiger partial charge in [-0.3, -0.25) is 10.2 Å². The van der Waals surface area contributed by atoms with Gasteiger partial charge in [0.2, 0.25) is 0 Å². The van der Waals surface area contributed by atoms with Crippen molar-refractivity contribution in [2.45, 2.75) is 18.9 Å². The number of morpholine rings is 1. The largest absolute Gasteiger partial charge is 0.493 e. The summed E-state index contributed by atoms with van der Waals surface area (Å²) in [6.07, 6.45) is 3.98. The van der Waals surface area contributed by atoms with Crippen molar-refractivity contribution in [2.24, 2.45) is 5.10 Å². The summed E-state index contributed by atoms with van der Waals surface area (Å²) in [5.74, 6) is 0.949. The first-order valence-corrected chi connectivity index (χ1v) is 10.4. The number of nitrogens with zero attached hydrogens (tertiary/aromatic N) is 2. The van der Waals surface area contributed by atoms with Crippen molar-refractivity contribution < 1.29 is 23.7 Å². The smallest absolute Gasteiger partial charge is 0.260 e. The predicted molar refractivity (Wildman–Crippen MR) is 116 cm³/mol. The number of carbonyl (C=O) groups is 1. The second kappa shape index (κ2) is 11.7. The molecule has 2 aliphatic heterocycles. The van der Waals surface area contributed by atoms with E-state index in [0.717, 1.165) is 25.0 Å². The molecule has 2 fully saturated rings. The van der Waals surface area contributed by atoms with E-state index in [0.29, 0.717) is 49.5 Å². The molecule has 0 saturated carbocycles. The van der Waals surface area contributed by atoms with Crippen LogP contribution in [0.1, 0.15) is 18.4 Å². The van der Waals surface area contributed by atoms with Gasteiger partial charge in [0.05, 0.1) is 32.6 Å². The zero-order valence-corrected chi connectivity index (χ0v) is 17.9.